The molecule has 0 aliphatic rings. The highest BCUT2D eigenvalue weighted by Gasteiger charge is 2.32. The summed E-state index contributed by atoms with van der Waals surface area (Å²) < 4.78 is 15.4. The van der Waals surface area contributed by atoms with E-state index < -0.39 is 51.9 Å². The minimum atomic E-state index is -1.27. The number of carbonyl (C=O) groups excluding carboxylic acids is 4. The SMILES string of the molecule is CC(C)(C)OC(=O)c1c(O)ccc(C(=O)OC(=O)c2occc2-c2ccccc2)c1C(=O)NN. The molecule has 0 saturated carbocycles. The fourth-order valence-corrected chi connectivity index (χ4v) is 3.10. The van der Waals surface area contributed by atoms with Crippen LogP contribution in [0.15, 0.2) is 59.2 Å². The molecule has 0 bridgehead atoms. The van der Waals surface area contributed by atoms with Crippen LogP contribution >= 0.6 is 0 Å². The Bertz CT molecular complexity index is 1260. The smallest absolute Gasteiger partial charge is 0.382 e. The maximum atomic E-state index is 12.9. The van der Waals surface area contributed by atoms with Crippen molar-refractivity contribution in [2.24, 2.45) is 5.84 Å². The molecule has 4 N–H and O–H groups in total. The number of hydrogen-bond donors (Lipinski definition) is 3. The second-order valence-electron chi connectivity index (χ2n) is 8.06. The molecule has 0 radical (unpaired) electrons. The molecule has 176 valence electrons. The standard InChI is InChI=1S/C24H22N2O8/c1-24(2,3)34-22(30)18-16(27)10-9-15(17(18)20(28)26-25)21(29)33-23(31)19-14(11-12-32-19)13-7-5-4-6-8-13/h4-12,27H,25H2,1-3H3,(H,26,28). The van der Waals surface area contributed by atoms with Crippen molar-refractivity contribution in [3.63, 3.8) is 0 Å². The van der Waals surface area contributed by atoms with Crippen LogP contribution in [0.4, 0.5) is 0 Å². The van der Waals surface area contributed by atoms with Crippen LogP contribution < -0.4 is 11.3 Å². The Morgan fingerprint density at radius 2 is 1.59 bits per heavy atom. The third-order valence-electron chi connectivity index (χ3n) is 4.49. The van der Waals surface area contributed by atoms with Crippen molar-refractivity contribution in [3.8, 4) is 16.9 Å². The van der Waals surface area contributed by atoms with Crippen molar-refractivity contribution >= 4 is 23.8 Å². The first-order chi connectivity index (χ1) is 16.0. The number of phenols is 1. The Morgan fingerprint density at radius 3 is 2.21 bits per heavy atom. The molecule has 1 amide bonds. The van der Waals surface area contributed by atoms with Crippen LogP contribution in [0.5, 0.6) is 5.75 Å². The molecule has 0 saturated heterocycles. The number of hydrogen-bond acceptors (Lipinski definition) is 9. The van der Waals surface area contributed by atoms with Gasteiger partial charge in [0.05, 0.1) is 17.4 Å². The molecule has 34 heavy (non-hydrogen) atoms. The number of hydrazine groups is 1. The normalized spacial score (nSPS) is 10.9. The quantitative estimate of drug-likeness (QED) is 0.169. The van der Waals surface area contributed by atoms with E-state index in [4.69, 9.17) is 19.7 Å². The average Bonchev–Trinajstić information content (AvgIpc) is 3.27. The van der Waals surface area contributed by atoms with Crippen molar-refractivity contribution in [3.05, 3.63) is 77.2 Å². The maximum absolute atomic E-state index is 12.9. The molecule has 2 aromatic carbocycles. The Kier molecular flexibility index (Phi) is 6.83. The van der Waals surface area contributed by atoms with E-state index in [1.54, 1.807) is 56.5 Å². The summed E-state index contributed by atoms with van der Waals surface area (Å²) in [6, 6.07) is 12.3. The van der Waals surface area contributed by atoms with Crippen molar-refractivity contribution in [2.45, 2.75) is 26.4 Å². The lowest BCUT2D eigenvalue weighted by atomic mass is 9.98. The molecule has 1 aromatic heterocycles. The Balaban J connectivity index is 1.99. The van der Waals surface area contributed by atoms with E-state index in [1.807, 2.05) is 0 Å². The van der Waals surface area contributed by atoms with Gasteiger partial charge < -0.3 is 19.0 Å². The highest BCUT2D eigenvalue weighted by atomic mass is 16.6. The van der Waals surface area contributed by atoms with Gasteiger partial charge in [0.1, 0.15) is 16.9 Å². The number of benzene rings is 2. The Morgan fingerprint density at radius 1 is 0.912 bits per heavy atom. The van der Waals surface area contributed by atoms with Crippen LogP contribution in [0.2, 0.25) is 0 Å². The molecule has 0 atom stereocenters. The highest BCUT2D eigenvalue weighted by molar-refractivity contribution is 6.15. The number of nitrogens with two attached hydrogens (primary N) is 1. The second kappa shape index (κ2) is 9.59. The van der Waals surface area contributed by atoms with E-state index in [-0.39, 0.29) is 5.76 Å². The second-order valence-corrected chi connectivity index (χ2v) is 8.06. The zero-order chi connectivity index (χ0) is 25.0. The summed E-state index contributed by atoms with van der Waals surface area (Å²) in [5.41, 5.74) is 0.148. The predicted molar refractivity (Wildman–Crippen MR) is 119 cm³/mol. The lowest BCUT2D eigenvalue weighted by molar-refractivity contribution is 0.00646. The monoisotopic (exact) mass is 466 g/mol. The van der Waals surface area contributed by atoms with Crippen molar-refractivity contribution in [1.29, 1.82) is 0 Å². The number of aromatic hydroxyl groups is 1. The van der Waals surface area contributed by atoms with Crippen LogP contribution in [-0.4, -0.2) is 34.5 Å². The maximum Gasteiger partial charge on any atom is 0.382 e. The first-order valence-electron chi connectivity index (χ1n) is 10.0. The van der Waals surface area contributed by atoms with Gasteiger partial charge in [0.15, 0.2) is 0 Å². The zero-order valence-corrected chi connectivity index (χ0v) is 18.6. The summed E-state index contributed by atoms with van der Waals surface area (Å²) >= 11 is 0. The number of furan rings is 1. The van der Waals surface area contributed by atoms with Crippen LogP contribution in [-0.2, 0) is 9.47 Å². The predicted octanol–water partition coefficient (Wildman–Crippen LogP) is 3.21. The fraction of sp³-hybridized carbons (Fsp3) is 0.167. The summed E-state index contributed by atoms with van der Waals surface area (Å²) in [4.78, 5) is 50.7. The molecule has 0 aliphatic carbocycles. The molecular formula is C24H22N2O8. The van der Waals surface area contributed by atoms with Gasteiger partial charge in [-0.15, -0.1) is 0 Å². The largest absolute Gasteiger partial charge is 0.507 e. The van der Waals surface area contributed by atoms with Crippen molar-refractivity contribution < 1.29 is 38.2 Å². The van der Waals surface area contributed by atoms with Crippen molar-refractivity contribution in [1.82, 2.24) is 5.43 Å². The first kappa shape index (κ1) is 24.2. The molecule has 0 aliphatic heterocycles. The summed E-state index contributed by atoms with van der Waals surface area (Å²) in [5.74, 6) is -0.222. The Hall–Kier alpha value is -4.44. The molecule has 10 heteroatoms. The topological polar surface area (TPSA) is 158 Å². The first-order valence-corrected chi connectivity index (χ1v) is 10.0. The van der Waals surface area contributed by atoms with Gasteiger partial charge in [0, 0.05) is 5.56 Å². The lowest BCUT2D eigenvalue weighted by Gasteiger charge is -2.21. The fourth-order valence-electron chi connectivity index (χ4n) is 3.10. The molecular weight excluding hydrogens is 444 g/mol. The third-order valence-corrected chi connectivity index (χ3v) is 4.49. The number of nitrogens with one attached hydrogen (secondary N) is 1. The highest BCUT2D eigenvalue weighted by Crippen LogP contribution is 2.29. The minimum Gasteiger partial charge on any atom is -0.507 e. The summed E-state index contributed by atoms with van der Waals surface area (Å²) in [7, 11) is 0. The molecule has 0 unspecified atom stereocenters. The van der Waals surface area contributed by atoms with E-state index in [0.29, 0.717) is 11.1 Å². The number of nitrogen functional groups attached to an aromatic ring is 1. The number of amides is 1. The van der Waals surface area contributed by atoms with E-state index in [0.717, 1.165) is 12.1 Å². The van der Waals surface area contributed by atoms with Crippen LogP contribution in [0, 0.1) is 0 Å². The number of carbonyl (C=O) groups is 4. The number of ether oxygens (including phenoxy) is 2. The van der Waals surface area contributed by atoms with Crippen LogP contribution in [0.1, 0.15) is 62.4 Å². The molecule has 3 rings (SSSR count). The number of phenolic OH excluding ortho intramolecular Hbond substituents is 1. The van der Waals surface area contributed by atoms with Gasteiger partial charge >= 0.3 is 17.9 Å². The van der Waals surface area contributed by atoms with Gasteiger partial charge in [0.2, 0.25) is 5.76 Å². The lowest BCUT2D eigenvalue weighted by Crippen LogP contribution is -2.34. The van der Waals surface area contributed by atoms with Gasteiger partial charge in [-0.3, -0.25) is 10.2 Å². The van der Waals surface area contributed by atoms with Gasteiger partial charge in [-0.25, -0.2) is 20.2 Å². The van der Waals surface area contributed by atoms with Gasteiger partial charge in [-0.1, -0.05) is 30.3 Å². The number of esters is 3. The molecule has 0 spiro atoms. The van der Waals surface area contributed by atoms with Gasteiger partial charge in [0.25, 0.3) is 5.91 Å². The minimum absolute atomic E-state index is 0.240. The summed E-state index contributed by atoms with van der Waals surface area (Å²) in [5, 5.41) is 10.2. The van der Waals surface area contributed by atoms with E-state index in [1.165, 1.54) is 12.3 Å². The van der Waals surface area contributed by atoms with Crippen LogP contribution in [0.25, 0.3) is 11.1 Å². The van der Waals surface area contributed by atoms with Gasteiger partial charge in [-0.2, -0.15) is 0 Å². The molecule has 0 fully saturated rings. The summed E-state index contributed by atoms with van der Waals surface area (Å²) in [6.45, 7) is 4.74. The third kappa shape index (κ3) is 5.13. The van der Waals surface area contributed by atoms with E-state index >= 15 is 0 Å². The zero-order valence-electron chi connectivity index (χ0n) is 18.6. The molecule has 1 heterocycles. The molecule has 3 aromatic rings. The van der Waals surface area contributed by atoms with Gasteiger partial charge in [-0.05, 0) is 44.5 Å². The van der Waals surface area contributed by atoms with Crippen LogP contribution in [0.3, 0.4) is 0 Å². The van der Waals surface area contributed by atoms with Crippen molar-refractivity contribution in [2.75, 3.05) is 0 Å². The van der Waals surface area contributed by atoms with E-state index in [9.17, 15) is 24.3 Å². The van der Waals surface area contributed by atoms with E-state index in [2.05, 4.69) is 0 Å². The number of rotatable bonds is 5. The Labute approximate surface area is 194 Å². The molecule has 10 nitrogen and oxygen atoms in total. The average molecular weight is 466 g/mol. The summed E-state index contributed by atoms with van der Waals surface area (Å²) in [6.07, 6.45) is 1.26.